The minimum Gasteiger partial charge on any atom is -0.403 e. The first-order valence-corrected chi connectivity index (χ1v) is 6.10. The van der Waals surface area contributed by atoms with Crippen molar-refractivity contribution in [1.82, 2.24) is 0 Å². The predicted octanol–water partition coefficient (Wildman–Crippen LogP) is 3.17. The van der Waals surface area contributed by atoms with E-state index in [2.05, 4.69) is 20.7 Å². The van der Waals surface area contributed by atoms with Gasteiger partial charge in [0.1, 0.15) is 0 Å². The number of ether oxygens (including phenoxy) is 1. The Bertz CT molecular complexity index is 625. The first-order chi connectivity index (χ1) is 9.19. The largest absolute Gasteiger partial charge is 0.573 e. The van der Waals surface area contributed by atoms with Crippen molar-refractivity contribution in [3.8, 4) is 5.75 Å². The topological polar surface area (TPSA) is 46.6 Å². The van der Waals surface area contributed by atoms with Gasteiger partial charge in [0.25, 0.3) is 11.8 Å². The fraction of sp³-hybridized carbons (Fsp3) is 0.167. The number of hydrogen-bond acceptors (Lipinski definition) is 3. The van der Waals surface area contributed by atoms with Gasteiger partial charge < -0.3 is 4.74 Å². The maximum atomic E-state index is 12.4. The molecule has 0 bridgehead atoms. The van der Waals surface area contributed by atoms with Crippen molar-refractivity contribution in [2.75, 3.05) is 4.90 Å². The van der Waals surface area contributed by atoms with Crippen molar-refractivity contribution in [2.45, 2.75) is 13.3 Å². The third kappa shape index (κ3) is 2.84. The highest BCUT2D eigenvalue weighted by Gasteiger charge is 2.36. The van der Waals surface area contributed by atoms with E-state index in [9.17, 15) is 22.8 Å². The number of carbonyl (C=O) groups is 2. The normalized spacial score (nSPS) is 15.7. The molecule has 0 N–H and O–H groups in total. The number of hydrogen-bond donors (Lipinski definition) is 0. The third-order valence-electron chi connectivity index (χ3n) is 2.49. The molecular formula is C12H7BrF3NO3. The van der Waals surface area contributed by atoms with E-state index in [0.29, 0.717) is 9.37 Å². The lowest BCUT2D eigenvalue weighted by Gasteiger charge is -2.19. The molecule has 0 radical (unpaired) electrons. The Balaban J connectivity index is 2.47. The van der Waals surface area contributed by atoms with Gasteiger partial charge >= 0.3 is 6.36 Å². The van der Waals surface area contributed by atoms with Gasteiger partial charge in [0.05, 0.1) is 5.69 Å². The van der Waals surface area contributed by atoms with Crippen LogP contribution < -0.4 is 9.64 Å². The summed E-state index contributed by atoms with van der Waals surface area (Å²) < 4.78 is 41.3. The van der Waals surface area contributed by atoms with Crippen molar-refractivity contribution in [3.63, 3.8) is 0 Å². The van der Waals surface area contributed by atoms with Crippen molar-refractivity contribution in [3.05, 3.63) is 34.3 Å². The van der Waals surface area contributed by atoms with Crippen LogP contribution in [-0.4, -0.2) is 18.2 Å². The van der Waals surface area contributed by atoms with E-state index < -0.39 is 23.9 Å². The fourth-order valence-electron chi connectivity index (χ4n) is 1.70. The number of carbonyl (C=O) groups excluding carboxylic acids is 2. The highest BCUT2D eigenvalue weighted by Crippen LogP contribution is 2.37. The molecule has 0 spiro atoms. The van der Waals surface area contributed by atoms with Crippen molar-refractivity contribution in [1.29, 1.82) is 0 Å². The summed E-state index contributed by atoms with van der Waals surface area (Å²) in [5, 5.41) is 0. The van der Waals surface area contributed by atoms with Gasteiger partial charge in [0.2, 0.25) is 0 Å². The van der Waals surface area contributed by atoms with Gasteiger partial charge in [-0.2, -0.15) is 0 Å². The van der Waals surface area contributed by atoms with Crippen LogP contribution in [0.3, 0.4) is 0 Å². The summed E-state index contributed by atoms with van der Waals surface area (Å²) in [5.74, 6) is -2.01. The van der Waals surface area contributed by atoms with E-state index >= 15 is 0 Å². The van der Waals surface area contributed by atoms with E-state index in [1.165, 1.54) is 19.1 Å². The Kier molecular flexibility index (Phi) is 3.59. The van der Waals surface area contributed by atoms with E-state index in [-0.39, 0.29) is 11.3 Å². The molecule has 1 aliphatic rings. The number of anilines is 1. The van der Waals surface area contributed by atoms with Gasteiger partial charge in [-0.15, -0.1) is 13.2 Å². The second-order valence-electron chi connectivity index (χ2n) is 3.97. The zero-order chi connectivity index (χ0) is 15.1. The molecule has 0 aliphatic carbocycles. The second-order valence-corrected chi connectivity index (χ2v) is 4.88. The molecule has 0 fully saturated rings. The van der Waals surface area contributed by atoms with E-state index in [1.54, 1.807) is 0 Å². The average molecular weight is 350 g/mol. The van der Waals surface area contributed by atoms with Crippen molar-refractivity contribution in [2.24, 2.45) is 0 Å². The summed E-state index contributed by atoms with van der Waals surface area (Å²) in [4.78, 5) is 24.1. The Labute approximate surface area is 119 Å². The Morgan fingerprint density at radius 3 is 2.40 bits per heavy atom. The number of nitrogens with zero attached hydrogens (tertiary/aromatic N) is 1. The summed E-state index contributed by atoms with van der Waals surface area (Å²) in [5.41, 5.74) is -0.107. The lowest BCUT2D eigenvalue weighted by atomic mass is 10.2. The first kappa shape index (κ1) is 14.6. The van der Waals surface area contributed by atoms with Gasteiger partial charge in [0, 0.05) is 16.1 Å². The Morgan fingerprint density at radius 1 is 1.25 bits per heavy atom. The van der Waals surface area contributed by atoms with Crippen molar-refractivity contribution >= 4 is 33.4 Å². The molecule has 0 unspecified atom stereocenters. The molecule has 20 heavy (non-hydrogen) atoms. The van der Waals surface area contributed by atoms with Crippen LogP contribution >= 0.6 is 15.9 Å². The SMILES string of the molecule is CC1=CC(=O)N(c2ccc(Br)cc2OC(F)(F)F)C1=O. The summed E-state index contributed by atoms with van der Waals surface area (Å²) in [6.45, 7) is 1.41. The van der Waals surface area contributed by atoms with Crippen LogP contribution in [0.1, 0.15) is 6.92 Å². The quantitative estimate of drug-likeness (QED) is 0.770. The Morgan fingerprint density at radius 2 is 1.90 bits per heavy atom. The lowest BCUT2D eigenvalue weighted by molar-refractivity contribution is -0.274. The molecule has 2 rings (SSSR count). The molecule has 0 atom stereocenters. The number of rotatable bonds is 2. The summed E-state index contributed by atoms with van der Waals surface area (Å²) in [7, 11) is 0. The highest BCUT2D eigenvalue weighted by atomic mass is 79.9. The zero-order valence-electron chi connectivity index (χ0n) is 9.99. The van der Waals surface area contributed by atoms with Crippen LogP contribution in [0.25, 0.3) is 0 Å². The number of alkyl halides is 3. The zero-order valence-corrected chi connectivity index (χ0v) is 11.6. The summed E-state index contributed by atoms with van der Waals surface area (Å²) in [6.07, 6.45) is -3.87. The fourth-order valence-corrected chi connectivity index (χ4v) is 2.04. The maximum Gasteiger partial charge on any atom is 0.573 e. The average Bonchev–Trinajstić information content (AvgIpc) is 2.53. The smallest absolute Gasteiger partial charge is 0.403 e. The molecule has 1 heterocycles. The van der Waals surface area contributed by atoms with E-state index in [0.717, 1.165) is 12.1 Å². The van der Waals surface area contributed by atoms with E-state index in [1.807, 2.05) is 0 Å². The van der Waals surface area contributed by atoms with Gasteiger partial charge in [0.15, 0.2) is 5.75 Å². The van der Waals surface area contributed by atoms with Crippen LogP contribution in [0, 0.1) is 0 Å². The predicted molar refractivity (Wildman–Crippen MR) is 67.1 cm³/mol. The third-order valence-corrected chi connectivity index (χ3v) is 2.98. The highest BCUT2D eigenvalue weighted by molar-refractivity contribution is 9.10. The molecule has 4 nitrogen and oxygen atoms in total. The summed E-state index contributed by atoms with van der Waals surface area (Å²) >= 11 is 3.01. The number of amides is 2. The molecule has 1 aliphatic heterocycles. The molecular weight excluding hydrogens is 343 g/mol. The standard InChI is InChI=1S/C12H7BrF3NO3/c1-6-4-10(18)17(11(6)19)8-3-2-7(13)5-9(8)20-12(14,15)16/h2-5H,1H3. The minimum absolute atomic E-state index is 0.149. The van der Waals surface area contributed by atoms with Crippen LogP contribution in [0.15, 0.2) is 34.3 Å². The van der Waals surface area contributed by atoms with Crippen LogP contribution in [0.5, 0.6) is 5.75 Å². The van der Waals surface area contributed by atoms with Crippen molar-refractivity contribution < 1.29 is 27.5 Å². The molecule has 0 saturated carbocycles. The molecule has 8 heteroatoms. The maximum absolute atomic E-state index is 12.4. The molecule has 1 aromatic carbocycles. The van der Waals surface area contributed by atoms with Gasteiger partial charge in [-0.3, -0.25) is 9.59 Å². The van der Waals surface area contributed by atoms with Crippen LogP contribution in [0.4, 0.5) is 18.9 Å². The number of imide groups is 1. The van der Waals surface area contributed by atoms with Gasteiger partial charge in [-0.25, -0.2) is 4.90 Å². The molecule has 106 valence electrons. The van der Waals surface area contributed by atoms with Crippen LogP contribution in [-0.2, 0) is 9.59 Å². The molecule has 1 aromatic rings. The first-order valence-electron chi connectivity index (χ1n) is 5.31. The van der Waals surface area contributed by atoms with E-state index in [4.69, 9.17) is 0 Å². The molecule has 0 aromatic heterocycles. The Hall–Kier alpha value is -1.83. The van der Waals surface area contributed by atoms with Gasteiger partial charge in [-0.1, -0.05) is 15.9 Å². The second kappa shape index (κ2) is 4.93. The lowest BCUT2D eigenvalue weighted by Crippen LogP contribution is -2.31. The number of halogens is 4. The number of benzene rings is 1. The monoisotopic (exact) mass is 349 g/mol. The minimum atomic E-state index is -4.93. The molecule has 2 amide bonds. The summed E-state index contributed by atoms with van der Waals surface area (Å²) in [6, 6.07) is 3.65. The molecule has 0 saturated heterocycles. The van der Waals surface area contributed by atoms with Crippen LogP contribution in [0.2, 0.25) is 0 Å². The van der Waals surface area contributed by atoms with Gasteiger partial charge in [-0.05, 0) is 25.1 Å².